The van der Waals surface area contributed by atoms with Crippen LogP contribution in [0.4, 0.5) is 0 Å². The van der Waals surface area contributed by atoms with Gasteiger partial charge in [0.25, 0.3) is 5.91 Å². The van der Waals surface area contributed by atoms with Crippen LogP contribution in [0, 0.1) is 11.3 Å². The van der Waals surface area contributed by atoms with Crippen molar-refractivity contribution in [1.82, 2.24) is 4.90 Å². The van der Waals surface area contributed by atoms with Crippen LogP contribution in [0.25, 0.3) is 0 Å². The van der Waals surface area contributed by atoms with Crippen LogP contribution in [0.15, 0.2) is 24.3 Å². The van der Waals surface area contributed by atoms with Crippen LogP contribution >= 0.6 is 0 Å². The van der Waals surface area contributed by atoms with E-state index in [1.807, 2.05) is 24.8 Å². The molecule has 1 heterocycles. The van der Waals surface area contributed by atoms with Crippen LogP contribution in [-0.4, -0.2) is 41.6 Å². The molecule has 0 spiro atoms. The van der Waals surface area contributed by atoms with Gasteiger partial charge in [0.2, 0.25) is 0 Å². The quantitative estimate of drug-likeness (QED) is 0.767. The first kappa shape index (κ1) is 18.8. The summed E-state index contributed by atoms with van der Waals surface area (Å²) in [6, 6.07) is 8.80. The summed E-state index contributed by atoms with van der Waals surface area (Å²) in [5.41, 5.74) is 0.512. The molecule has 1 aliphatic heterocycles. The summed E-state index contributed by atoms with van der Waals surface area (Å²) in [5.74, 6) is -0.290. The normalized spacial score (nSPS) is 21.1. The molecule has 1 saturated heterocycles. The lowest BCUT2D eigenvalue weighted by Crippen LogP contribution is -2.49. The summed E-state index contributed by atoms with van der Waals surface area (Å²) >= 11 is 0. The molecule has 1 aromatic rings. The minimum absolute atomic E-state index is 0.168. The second-order valence-corrected chi connectivity index (χ2v) is 6.43. The first-order valence-electron chi connectivity index (χ1n) is 8.57. The summed E-state index contributed by atoms with van der Waals surface area (Å²) in [6.45, 7) is 5.34. The van der Waals surface area contributed by atoms with E-state index >= 15 is 0 Å². The predicted octanol–water partition coefficient (Wildman–Crippen LogP) is 2.66. The molecule has 1 aliphatic rings. The van der Waals surface area contributed by atoms with E-state index in [9.17, 15) is 9.59 Å². The van der Waals surface area contributed by atoms with Crippen molar-refractivity contribution >= 4 is 11.9 Å². The number of likely N-dealkylation sites (tertiary alicyclic amines) is 1. The van der Waals surface area contributed by atoms with Crippen molar-refractivity contribution in [2.75, 3.05) is 6.61 Å². The van der Waals surface area contributed by atoms with Crippen molar-refractivity contribution < 1.29 is 19.1 Å². The highest BCUT2D eigenvalue weighted by Crippen LogP contribution is 2.22. The predicted molar refractivity (Wildman–Crippen MR) is 91.8 cm³/mol. The summed E-state index contributed by atoms with van der Waals surface area (Å²) in [7, 11) is 0. The minimum Gasteiger partial charge on any atom is -0.479 e. The summed E-state index contributed by atoms with van der Waals surface area (Å²) < 4.78 is 10.6. The van der Waals surface area contributed by atoms with Crippen molar-refractivity contribution in [3.63, 3.8) is 0 Å². The van der Waals surface area contributed by atoms with Gasteiger partial charge in [-0.1, -0.05) is 0 Å². The topological polar surface area (TPSA) is 79.6 Å². The number of nitrogens with zero attached hydrogens (tertiary/aromatic N) is 2. The number of carbonyl (C=O) groups is 2. The van der Waals surface area contributed by atoms with Gasteiger partial charge in [-0.25, -0.2) is 4.79 Å². The van der Waals surface area contributed by atoms with Crippen molar-refractivity contribution in [1.29, 1.82) is 5.26 Å². The third kappa shape index (κ3) is 4.96. The third-order valence-corrected chi connectivity index (χ3v) is 4.45. The Balaban J connectivity index is 1.84. The Morgan fingerprint density at radius 2 is 1.84 bits per heavy atom. The number of ether oxygens (including phenoxy) is 2. The van der Waals surface area contributed by atoms with Gasteiger partial charge in [-0.3, -0.25) is 4.79 Å². The third-order valence-electron chi connectivity index (χ3n) is 4.45. The molecule has 6 heteroatoms. The number of carbonyl (C=O) groups excluding carboxylic acids is 2. The fraction of sp³-hybridized carbons (Fsp3) is 0.526. The number of nitriles is 1. The first-order chi connectivity index (χ1) is 11.9. The number of rotatable bonds is 5. The fourth-order valence-electron chi connectivity index (χ4n) is 3.10. The van der Waals surface area contributed by atoms with Gasteiger partial charge in [0.05, 0.1) is 11.6 Å². The van der Waals surface area contributed by atoms with E-state index in [1.165, 1.54) is 0 Å². The number of piperidine rings is 1. The van der Waals surface area contributed by atoms with Gasteiger partial charge >= 0.3 is 5.97 Å². The SMILES string of the molecule is C[C@@H]1CCC[C@H](C)N1C(=O)COC(=O)[C@@H](C)Oc1ccc(C#N)cc1. The van der Waals surface area contributed by atoms with Crippen LogP contribution in [0.1, 0.15) is 45.6 Å². The molecule has 0 aromatic heterocycles. The molecule has 0 aliphatic carbocycles. The zero-order valence-corrected chi connectivity index (χ0v) is 14.9. The van der Waals surface area contributed by atoms with Crippen LogP contribution in [-0.2, 0) is 14.3 Å². The van der Waals surface area contributed by atoms with Gasteiger partial charge in [-0.05, 0) is 64.3 Å². The molecule has 0 unspecified atom stereocenters. The molecule has 6 nitrogen and oxygen atoms in total. The maximum atomic E-state index is 12.4. The molecule has 2 rings (SSSR count). The Labute approximate surface area is 148 Å². The summed E-state index contributed by atoms with van der Waals surface area (Å²) in [6.07, 6.45) is 2.23. The number of hydrogen-bond donors (Lipinski definition) is 0. The molecule has 3 atom stereocenters. The Morgan fingerprint density at radius 1 is 1.24 bits per heavy atom. The maximum Gasteiger partial charge on any atom is 0.347 e. The second-order valence-electron chi connectivity index (χ2n) is 6.43. The van der Waals surface area contributed by atoms with E-state index in [0.29, 0.717) is 11.3 Å². The van der Waals surface area contributed by atoms with Crippen LogP contribution in [0.5, 0.6) is 5.75 Å². The highest BCUT2D eigenvalue weighted by Gasteiger charge is 2.30. The Kier molecular flexibility index (Phi) is 6.40. The molecule has 25 heavy (non-hydrogen) atoms. The molecule has 0 saturated carbocycles. The highest BCUT2D eigenvalue weighted by atomic mass is 16.6. The van der Waals surface area contributed by atoms with E-state index in [-0.39, 0.29) is 24.6 Å². The van der Waals surface area contributed by atoms with Gasteiger partial charge in [0, 0.05) is 12.1 Å². The molecule has 0 N–H and O–H groups in total. The Morgan fingerprint density at radius 3 is 2.40 bits per heavy atom. The highest BCUT2D eigenvalue weighted by molar-refractivity contribution is 5.82. The lowest BCUT2D eigenvalue weighted by Gasteiger charge is -2.38. The van der Waals surface area contributed by atoms with Gasteiger partial charge in [-0.15, -0.1) is 0 Å². The molecule has 1 aromatic carbocycles. The van der Waals surface area contributed by atoms with Crippen molar-refractivity contribution in [2.24, 2.45) is 0 Å². The fourth-order valence-corrected chi connectivity index (χ4v) is 3.10. The smallest absolute Gasteiger partial charge is 0.347 e. The minimum atomic E-state index is -0.836. The van der Waals surface area contributed by atoms with Crippen molar-refractivity contribution in [3.05, 3.63) is 29.8 Å². The van der Waals surface area contributed by atoms with E-state index in [1.54, 1.807) is 31.2 Å². The molecular weight excluding hydrogens is 320 g/mol. The second kappa shape index (κ2) is 8.52. The molecule has 0 bridgehead atoms. The molecular formula is C19H24N2O4. The summed E-state index contributed by atoms with van der Waals surface area (Å²) in [5, 5.41) is 8.76. The molecule has 1 amide bonds. The molecule has 0 radical (unpaired) electrons. The van der Waals surface area contributed by atoms with E-state index in [0.717, 1.165) is 19.3 Å². The zero-order chi connectivity index (χ0) is 18.4. The Hall–Kier alpha value is -2.55. The van der Waals surface area contributed by atoms with Gasteiger partial charge in [0.15, 0.2) is 12.7 Å². The summed E-state index contributed by atoms with van der Waals surface area (Å²) in [4.78, 5) is 26.2. The van der Waals surface area contributed by atoms with E-state index < -0.39 is 12.1 Å². The van der Waals surface area contributed by atoms with Crippen LogP contribution < -0.4 is 4.74 Å². The largest absolute Gasteiger partial charge is 0.479 e. The average molecular weight is 344 g/mol. The average Bonchev–Trinajstić information content (AvgIpc) is 2.60. The lowest BCUT2D eigenvalue weighted by atomic mass is 9.97. The monoisotopic (exact) mass is 344 g/mol. The van der Waals surface area contributed by atoms with Crippen LogP contribution in [0.2, 0.25) is 0 Å². The van der Waals surface area contributed by atoms with Crippen molar-refractivity contribution in [3.8, 4) is 11.8 Å². The zero-order valence-electron chi connectivity index (χ0n) is 14.9. The van der Waals surface area contributed by atoms with E-state index in [4.69, 9.17) is 14.7 Å². The van der Waals surface area contributed by atoms with E-state index in [2.05, 4.69) is 0 Å². The van der Waals surface area contributed by atoms with Crippen LogP contribution in [0.3, 0.4) is 0 Å². The van der Waals surface area contributed by atoms with Gasteiger partial charge in [0.1, 0.15) is 5.75 Å². The van der Waals surface area contributed by atoms with Crippen molar-refractivity contribution in [2.45, 2.75) is 58.2 Å². The standard InChI is InChI=1S/C19H24N2O4/c1-13-5-4-6-14(2)21(13)18(22)12-24-19(23)15(3)25-17-9-7-16(11-20)8-10-17/h7-10,13-15H,4-6,12H2,1-3H3/t13-,14+,15-/m1/s1. The van der Waals surface area contributed by atoms with Gasteiger partial charge < -0.3 is 14.4 Å². The molecule has 1 fully saturated rings. The van der Waals surface area contributed by atoms with Gasteiger partial charge in [-0.2, -0.15) is 5.26 Å². The number of amides is 1. The Bertz CT molecular complexity index is 640. The number of esters is 1. The maximum absolute atomic E-state index is 12.4. The number of benzene rings is 1. The first-order valence-corrected chi connectivity index (χ1v) is 8.57. The number of hydrogen-bond acceptors (Lipinski definition) is 5. The lowest BCUT2D eigenvalue weighted by molar-refractivity contribution is -0.159. The molecule has 134 valence electrons.